The third kappa shape index (κ3) is 7.77. The molecule has 0 aromatic heterocycles. The van der Waals surface area contributed by atoms with Crippen LogP contribution >= 0.6 is 0 Å². The van der Waals surface area contributed by atoms with E-state index in [0.29, 0.717) is 38.5 Å². The van der Waals surface area contributed by atoms with Gasteiger partial charge in [-0.25, -0.2) is 9.59 Å². The van der Waals surface area contributed by atoms with Crippen molar-refractivity contribution in [2.45, 2.75) is 207 Å². The van der Waals surface area contributed by atoms with Gasteiger partial charge in [-0.2, -0.15) is 0 Å². The van der Waals surface area contributed by atoms with Crippen molar-refractivity contribution < 1.29 is 88.8 Å². The lowest BCUT2D eigenvalue weighted by molar-refractivity contribution is -0.372. The van der Waals surface area contributed by atoms with Gasteiger partial charge in [0.05, 0.1) is 36.4 Å². The van der Waals surface area contributed by atoms with Crippen molar-refractivity contribution in [3.05, 3.63) is 23.3 Å². The number of allylic oxidation sites excluding steroid dienone is 2. The SMILES string of the molecule is CC=C(C)C(=O)OC1C(OC(C)=O)C(C)(C)CC2C3=CCC4C5(C)CCC(OC6OC(C(=O)O)C(O)C(O)C6OC6OC(C)C(O)C(O)C6O)C(C)(C)C5CCC4(C)C3(C)C(O)C(O)C21CO. The number of fused-ring (bicyclic) bond motifs is 7. The summed E-state index contributed by atoms with van der Waals surface area (Å²) in [6.07, 6.45) is -15.6. The van der Waals surface area contributed by atoms with Crippen LogP contribution in [0.3, 0.4) is 0 Å². The van der Waals surface area contributed by atoms with Gasteiger partial charge in [-0.15, -0.1) is 0 Å². The molecule has 5 aliphatic carbocycles. The van der Waals surface area contributed by atoms with Gasteiger partial charge in [0.25, 0.3) is 0 Å². The van der Waals surface area contributed by atoms with E-state index < -0.39 is 155 Å². The Morgan fingerprint density at radius 2 is 1.43 bits per heavy atom. The quantitative estimate of drug-likeness (QED) is 0.0690. The van der Waals surface area contributed by atoms with Crippen LogP contribution in [0.5, 0.6) is 0 Å². The molecule has 0 spiro atoms. The highest BCUT2D eigenvalue weighted by molar-refractivity contribution is 5.88. The minimum Gasteiger partial charge on any atom is -0.479 e. The first-order valence-corrected chi connectivity index (χ1v) is 24.0. The Balaban J connectivity index is 1.22. The summed E-state index contributed by atoms with van der Waals surface area (Å²) < 4.78 is 36.3. The Morgan fingerprint density at radius 3 is 2.03 bits per heavy atom. The number of aliphatic hydroxyl groups excluding tert-OH is 8. The third-order valence-corrected chi connectivity index (χ3v) is 18.9. The molecule has 2 heterocycles. The lowest BCUT2D eigenvalue weighted by atomic mass is 9.32. The molecule has 22 unspecified atom stereocenters. The lowest BCUT2D eigenvalue weighted by Gasteiger charge is -2.73. The highest BCUT2D eigenvalue weighted by Gasteiger charge is 2.76. The van der Waals surface area contributed by atoms with E-state index in [9.17, 15) is 60.3 Å². The minimum atomic E-state index is -1.96. The van der Waals surface area contributed by atoms with Gasteiger partial charge < -0.3 is 74.4 Å². The standard InChI is InChI=1S/C49H76O18/c1-12-21(2)41(61)67-39-38(63-23(4)51)44(5,6)19-25-24-13-14-27-46(9)17-16-28(45(7,8)26(46)15-18-47(27,10)48(24,11)36(57)37(58)49(25,39)20-50)64-43-35(32(55)31(54)34(65-43)40(59)60)66-42-33(56)30(53)29(52)22(3)62-42/h12-13,22,25-39,42-43,50,52-58H,14-20H2,1-11H3,(H,59,60). The number of hydrogen-bond donors (Lipinski definition) is 9. The van der Waals surface area contributed by atoms with Crippen LogP contribution in [-0.2, 0) is 42.8 Å². The van der Waals surface area contributed by atoms with E-state index in [-0.39, 0.29) is 17.4 Å². The molecule has 18 heteroatoms. The number of carbonyl (C=O) groups is 3. The van der Waals surface area contributed by atoms with Gasteiger partial charge in [0, 0.05) is 23.3 Å². The number of carboxylic acid groups (broad SMARTS) is 1. The molecule has 2 saturated heterocycles. The van der Waals surface area contributed by atoms with Crippen LogP contribution in [0.2, 0.25) is 0 Å². The van der Waals surface area contributed by atoms with Crippen LogP contribution in [0.4, 0.5) is 0 Å². The van der Waals surface area contributed by atoms with E-state index >= 15 is 0 Å². The fourth-order valence-corrected chi connectivity index (χ4v) is 14.8. The van der Waals surface area contributed by atoms with E-state index in [1.54, 1.807) is 19.9 Å². The van der Waals surface area contributed by atoms with Crippen molar-refractivity contribution in [2.24, 2.45) is 50.2 Å². The van der Waals surface area contributed by atoms with Gasteiger partial charge >= 0.3 is 17.9 Å². The van der Waals surface area contributed by atoms with Crippen molar-refractivity contribution in [1.82, 2.24) is 0 Å². The summed E-state index contributed by atoms with van der Waals surface area (Å²) >= 11 is 0. The zero-order valence-electron chi connectivity index (χ0n) is 40.7. The van der Waals surface area contributed by atoms with Crippen LogP contribution in [0, 0.1) is 50.2 Å². The van der Waals surface area contributed by atoms with Gasteiger partial charge in [-0.1, -0.05) is 66.2 Å². The molecule has 18 nitrogen and oxygen atoms in total. The van der Waals surface area contributed by atoms with Gasteiger partial charge in [-0.05, 0) is 93.3 Å². The molecular weight excluding hydrogens is 877 g/mol. The third-order valence-electron chi connectivity index (χ3n) is 18.9. The van der Waals surface area contributed by atoms with Crippen LogP contribution in [0.15, 0.2) is 23.3 Å². The lowest BCUT2D eigenvalue weighted by Crippen LogP contribution is -2.76. The van der Waals surface area contributed by atoms with Crippen molar-refractivity contribution in [3.63, 3.8) is 0 Å². The highest BCUT2D eigenvalue weighted by Crippen LogP contribution is 2.76. The highest BCUT2D eigenvalue weighted by atomic mass is 16.8. The van der Waals surface area contributed by atoms with Gasteiger partial charge in [0.1, 0.15) is 42.7 Å². The molecular formula is C49H76O18. The fourth-order valence-electron chi connectivity index (χ4n) is 14.8. The predicted octanol–water partition coefficient (Wildman–Crippen LogP) is 1.88. The summed E-state index contributed by atoms with van der Waals surface area (Å²) in [5.41, 5.74) is -4.02. The van der Waals surface area contributed by atoms with E-state index in [4.69, 9.17) is 28.4 Å². The second-order valence-corrected chi connectivity index (χ2v) is 22.9. The molecule has 380 valence electrons. The first-order valence-electron chi connectivity index (χ1n) is 24.0. The molecule has 7 rings (SSSR count). The number of carboxylic acids is 1. The number of ether oxygens (including phenoxy) is 6. The smallest absolute Gasteiger partial charge is 0.335 e. The molecule has 0 amide bonds. The molecule has 0 radical (unpaired) electrons. The molecule has 0 aromatic carbocycles. The number of rotatable bonds is 9. The average molecular weight is 953 g/mol. The Morgan fingerprint density at radius 1 is 0.776 bits per heavy atom. The van der Waals surface area contributed by atoms with E-state index in [1.807, 2.05) is 20.8 Å². The zero-order chi connectivity index (χ0) is 49.9. The Kier molecular flexibility index (Phi) is 14.0. The number of carbonyl (C=O) groups excluding carboxylic acids is 2. The van der Waals surface area contributed by atoms with E-state index in [1.165, 1.54) is 13.8 Å². The molecule has 0 aromatic rings. The fraction of sp³-hybridized carbons (Fsp3) is 0.857. The summed E-state index contributed by atoms with van der Waals surface area (Å²) in [4.78, 5) is 38.5. The van der Waals surface area contributed by atoms with Crippen LogP contribution in [-0.4, -0.2) is 162 Å². The summed E-state index contributed by atoms with van der Waals surface area (Å²) in [6.45, 7) is 19.7. The molecule has 67 heavy (non-hydrogen) atoms. The monoisotopic (exact) mass is 953 g/mol. The molecule has 22 atom stereocenters. The van der Waals surface area contributed by atoms with Crippen molar-refractivity contribution in [3.8, 4) is 0 Å². The van der Waals surface area contributed by atoms with Crippen LogP contribution in [0.25, 0.3) is 0 Å². The van der Waals surface area contributed by atoms with Crippen molar-refractivity contribution in [1.29, 1.82) is 0 Å². The van der Waals surface area contributed by atoms with Crippen molar-refractivity contribution >= 4 is 17.9 Å². The zero-order valence-corrected chi connectivity index (χ0v) is 40.7. The van der Waals surface area contributed by atoms with Gasteiger partial charge in [0.15, 0.2) is 24.8 Å². The van der Waals surface area contributed by atoms with Gasteiger partial charge in [-0.3, -0.25) is 4.79 Å². The number of aliphatic hydroxyl groups is 8. The maximum absolute atomic E-state index is 13.6. The molecule has 2 aliphatic heterocycles. The van der Waals surface area contributed by atoms with Gasteiger partial charge in [0.2, 0.25) is 0 Å². The summed E-state index contributed by atoms with van der Waals surface area (Å²) in [7, 11) is 0. The maximum Gasteiger partial charge on any atom is 0.335 e. The Hall–Kier alpha value is -2.59. The molecule has 0 bridgehead atoms. The second kappa shape index (κ2) is 17.9. The first kappa shape index (κ1) is 52.2. The Bertz CT molecular complexity index is 1970. The number of esters is 2. The molecule has 7 aliphatic rings. The molecule has 4 saturated carbocycles. The van der Waals surface area contributed by atoms with E-state index in [2.05, 4.69) is 33.8 Å². The predicted molar refractivity (Wildman–Crippen MR) is 235 cm³/mol. The van der Waals surface area contributed by atoms with Crippen molar-refractivity contribution in [2.75, 3.05) is 6.61 Å². The first-order chi connectivity index (χ1) is 31.0. The maximum atomic E-state index is 13.6. The number of hydrogen-bond acceptors (Lipinski definition) is 17. The second-order valence-electron chi connectivity index (χ2n) is 22.9. The number of aliphatic carboxylic acids is 1. The van der Waals surface area contributed by atoms with Crippen LogP contribution in [0.1, 0.15) is 115 Å². The molecule has 9 N–H and O–H groups in total. The average Bonchev–Trinajstić information content (AvgIpc) is 3.25. The summed E-state index contributed by atoms with van der Waals surface area (Å²) in [5.74, 6) is -3.55. The summed E-state index contributed by atoms with van der Waals surface area (Å²) in [6, 6.07) is 0. The van der Waals surface area contributed by atoms with Crippen LogP contribution < -0.4 is 0 Å². The Labute approximate surface area is 392 Å². The largest absolute Gasteiger partial charge is 0.479 e. The normalized spacial score (nSPS) is 50.3. The molecule has 6 fully saturated rings. The minimum absolute atomic E-state index is 0.0379. The summed E-state index contributed by atoms with van der Waals surface area (Å²) in [5, 5.41) is 101. The van der Waals surface area contributed by atoms with E-state index in [0.717, 1.165) is 5.57 Å². The topological polar surface area (TPSA) is 289 Å².